The minimum absolute atomic E-state index is 0.0888. The van der Waals surface area contributed by atoms with Crippen molar-refractivity contribution in [1.82, 2.24) is 9.62 Å². The molecule has 0 amide bonds. The molecule has 0 atom stereocenters. The molecule has 2 fully saturated rings. The van der Waals surface area contributed by atoms with Gasteiger partial charge in [-0.3, -0.25) is 4.90 Å². The largest absolute Gasteiger partial charge is 0.298 e. The molecular formula is C16H23FN2O2S. The van der Waals surface area contributed by atoms with Crippen molar-refractivity contribution in [2.45, 2.75) is 38.8 Å². The first-order valence-corrected chi connectivity index (χ1v) is 9.59. The van der Waals surface area contributed by atoms with Crippen LogP contribution < -0.4 is 4.72 Å². The Morgan fingerprint density at radius 1 is 1.41 bits per heavy atom. The van der Waals surface area contributed by atoms with Gasteiger partial charge < -0.3 is 0 Å². The van der Waals surface area contributed by atoms with E-state index in [9.17, 15) is 12.8 Å². The summed E-state index contributed by atoms with van der Waals surface area (Å²) in [5.74, 6) is -0.146. The number of nitrogens with one attached hydrogen (secondary N) is 1. The highest BCUT2D eigenvalue weighted by Crippen LogP contribution is 2.48. The maximum Gasteiger partial charge on any atom is 0.208 e. The molecule has 3 rings (SSSR count). The van der Waals surface area contributed by atoms with E-state index in [4.69, 9.17) is 0 Å². The van der Waals surface area contributed by atoms with Crippen LogP contribution in [0.1, 0.15) is 30.4 Å². The zero-order valence-corrected chi connectivity index (χ0v) is 13.9. The van der Waals surface area contributed by atoms with Gasteiger partial charge in [-0.25, -0.2) is 17.5 Å². The Hall–Kier alpha value is -0.980. The van der Waals surface area contributed by atoms with Crippen LogP contribution in [0, 0.1) is 18.2 Å². The summed E-state index contributed by atoms with van der Waals surface area (Å²) in [5.41, 5.74) is 2.03. The van der Waals surface area contributed by atoms with Gasteiger partial charge in [0.1, 0.15) is 5.82 Å². The number of benzene rings is 1. The van der Waals surface area contributed by atoms with Gasteiger partial charge in [0.15, 0.2) is 0 Å². The van der Waals surface area contributed by atoms with Crippen LogP contribution in [0.3, 0.4) is 0 Å². The normalized spacial score (nSPS) is 29.0. The smallest absolute Gasteiger partial charge is 0.208 e. The monoisotopic (exact) mass is 326 g/mol. The minimum Gasteiger partial charge on any atom is -0.298 e. The fourth-order valence-corrected chi connectivity index (χ4v) is 4.70. The Bertz CT molecular complexity index is 669. The summed E-state index contributed by atoms with van der Waals surface area (Å²) in [7, 11) is -3.11. The first kappa shape index (κ1) is 15.9. The number of halogens is 1. The molecule has 122 valence electrons. The number of likely N-dealkylation sites (tertiary alicyclic amines) is 1. The Labute approximate surface area is 131 Å². The van der Waals surface area contributed by atoms with Crippen LogP contribution in [0.5, 0.6) is 0 Å². The van der Waals surface area contributed by atoms with E-state index in [1.165, 1.54) is 12.3 Å². The molecule has 1 saturated carbocycles. The van der Waals surface area contributed by atoms with E-state index in [-0.39, 0.29) is 17.3 Å². The summed E-state index contributed by atoms with van der Waals surface area (Å²) in [4.78, 5) is 2.36. The third-order valence-electron chi connectivity index (χ3n) is 5.03. The topological polar surface area (TPSA) is 49.4 Å². The lowest BCUT2D eigenvalue weighted by Gasteiger charge is -2.45. The van der Waals surface area contributed by atoms with Gasteiger partial charge in [-0.05, 0) is 55.3 Å². The summed E-state index contributed by atoms with van der Waals surface area (Å²) in [6.07, 6.45) is 4.15. The molecule has 1 aliphatic carbocycles. The molecule has 1 saturated heterocycles. The van der Waals surface area contributed by atoms with Crippen molar-refractivity contribution in [2.75, 3.05) is 19.3 Å². The molecule has 4 nitrogen and oxygen atoms in total. The Morgan fingerprint density at radius 3 is 2.82 bits per heavy atom. The minimum atomic E-state index is -3.11. The molecule has 1 aliphatic heterocycles. The van der Waals surface area contributed by atoms with E-state index in [1.54, 1.807) is 6.07 Å². The third kappa shape index (κ3) is 3.34. The summed E-state index contributed by atoms with van der Waals surface area (Å²) in [6, 6.07) is 5.33. The van der Waals surface area contributed by atoms with Gasteiger partial charge in [-0.15, -0.1) is 0 Å². The van der Waals surface area contributed by atoms with E-state index in [0.29, 0.717) is 0 Å². The second kappa shape index (κ2) is 5.58. The van der Waals surface area contributed by atoms with E-state index in [0.717, 1.165) is 50.0 Å². The van der Waals surface area contributed by atoms with Crippen LogP contribution in [-0.2, 0) is 16.6 Å². The molecule has 0 unspecified atom stereocenters. The van der Waals surface area contributed by atoms with Crippen LogP contribution >= 0.6 is 0 Å². The molecule has 1 heterocycles. The SMILES string of the molecule is Cc1c(F)cccc1CN1CCC2(CC(NS(C)(=O)=O)C2)C1. The highest BCUT2D eigenvalue weighted by atomic mass is 32.2. The number of rotatable bonds is 4. The van der Waals surface area contributed by atoms with Crippen molar-refractivity contribution in [3.63, 3.8) is 0 Å². The van der Waals surface area contributed by atoms with E-state index < -0.39 is 10.0 Å². The summed E-state index contributed by atoms with van der Waals surface area (Å²) in [5, 5.41) is 0. The van der Waals surface area contributed by atoms with Crippen LogP contribution in [0.25, 0.3) is 0 Å². The number of hydrogen-bond donors (Lipinski definition) is 1. The molecule has 0 radical (unpaired) electrons. The maximum atomic E-state index is 13.6. The predicted octanol–water partition coefficient (Wildman–Crippen LogP) is 2.04. The molecule has 1 aromatic rings. The van der Waals surface area contributed by atoms with Crippen LogP contribution in [0.4, 0.5) is 4.39 Å². The van der Waals surface area contributed by atoms with Crippen molar-refractivity contribution >= 4 is 10.0 Å². The fraction of sp³-hybridized carbons (Fsp3) is 0.625. The molecule has 0 aromatic heterocycles. The van der Waals surface area contributed by atoms with Crippen LogP contribution in [0.2, 0.25) is 0 Å². The van der Waals surface area contributed by atoms with Gasteiger partial charge in [-0.1, -0.05) is 12.1 Å². The van der Waals surface area contributed by atoms with Gasteiger partial charge in [0, 0.05) is 19.1 Å². The van der Waals surface area contributed by atoms with E-state index >= 15 is 0 Å². The van der Waals surface area contributed by atoms with Crippen molar-refractivity contribution in [1.29, 1.82) is 0 Å². The lowest BCUT2D eigenvalue weighted by molar-refractivity contribution is 0.101. The number of nitrogens with zero attached hydrogens (tertiary/aromatic N) is 1. The standard InChI is InChI=1S/C16H23FN2O2S/c1-12-13(4-3-5-15(12)17)10-19-7-6-16(11-19)8-14(9-16)18-22(2,20)21/h3-5,14,18H,6-11H2,1-2H3. The molecule has 22 heavy (non-hydrogen) atoms. The third-order valence-corrected chi connectivity index (χ3v) is 5.79. The van der Waals surface area contributed by atoms with E-state index in [1.807, 2.05) is 13.0 Å². The zero-order chi connectivity index (χ0) is 16.0. The average Bonchev–Trinajstić information content (AvgIpc) is 2.77. The molecule has 1 aromatic carbocycles. The molecular weight excluding hydrogens is 303 g/mol. The molecule has 6 heteroatoms. The van der Waals surface area contributed by atoms with Crippen molar-refractivity contribution in [2.24, 2.45) is 5.41 Å². The highest BCUT2D eigenvalue weighted by molar-refractivity contribution is 7.88. The van der Waals surface area contributed by atoms with Crippen molar-refractivity contribution in [3.8, 4) is 0 Å². The second-order valence-electron chi connectivity index (χ2n) is 6.98. The molecule has 1 N–H and O–H groups in total. The van der Waals surface area contributed by atoms with Crippen molar-refractivity contribution in [3.05, 3.63) is 35.1 Å². The predicted molar refractivity (Wildman–Crippen MR) is 84.5 cm³/mol. The molecule has 0 bridgehead atoms. The number of hydrogen-bond acceptors (Lipinski definition) is 3. The number of sulfonamides is 1. The summed E-state index contributed by atoms with van der Waals surface area (Å²) >= 11 is 0. The Balaban J connectivity index is 1.57. The quantitative estimate of drug-likeness (QED) is 0.921. The first-order valence-electron chi connectivity index (χ1n) is 7.70. The first-order chi connectivity index (χ1) is 10.3. The Kier molecular flexibility index (Phi) is 4.03. The van der Waals surface area contributed by atoms with Crippen LogP contribution in [-0.4, -0.2) is 38.7 Å². The zero-order valence-electron chi connectivity index (χ0n) is 13.1. The highest BCUT2D eigenvalue weighted by Gasteiger charge is 2.48. The summed E-state index contributed by atoms with van der Waals surface area (Å²) < 4.78 is 38.8. The van der Waals surface area contributed by atoms with Crippen molar-refractivity contribution < 1.29 is 12.8 Å². The molecule has 2 aliphatic rings. The average molecular weight is 326 g/mol. The van der Waals surface area contributed by atoms with Gasteiger partial charge in [-0.2, -0.15) is 0 Å². The maximum absolute atomic E-state index is 13.6. The van der Waals surface area contributed by atoms with Gasteiger partial charge in [0.2, 0.25) is 10.0 Å². The van der Waals surface area contributed by atoms with Gasteiger partial charge >= 0.3 is 0 Å². The van der Waals surface area contributed by atoms with E-state index in [2.05, 4.69) is 9.62 Å². The molecule has 1 spiro atoms. The van der Waals surface area contributed by atoms with Gasteiger partial charge in [0.25, 0.3) is 0 Å². The van der Waals surface area contributed by atoms with Gasteiger partial charge in [0.05, 0.1) is 6.26 Å². The Morgan fingerprint density at radius 2 is 2.14 bits per heavy atom. The summed E-state index contributed by atoms with van der Waals surface area (Å²) in [6.45, 7) is 4.58. The lowest BCUT2D eigenvalue weighted by atomic mass is 9.65. The lowest BCUT2D eigenvalue weighted by Crippen LogP contribution is -2.51. The fourth-order valence-electron chi connectivity index (χ4n) is 3.93. The second-order valence-corrected chi connectivity index (χ2v) is 8.76. The van der Waals surface area contributed by atoms with Crippen LogP contribution in [0.15, 0.2) is 18.2 Å².